The monoisotopic (exact) mass is 376 g/mol. The van der Waals surface area contributed by atoms with Gasteiger partial charge in [0.25, 0.3) is 0 Å². The topological polar surface area (TPSA) is 0 Å². The van der Waals surface area contributed by atoms with Gasteiger partial charge in [0.2, 0.25) is 0 Å². The number of alkyl halides is 1. The molecule has 0 aliphatic rings. The average Bonchev–Trinajstić information content (AvgIpc) is 2.18. The number of rotatable bonds is 2. The van der Waals surface area contributed by atoms with Gasteiger partial charge in [-0.3, -0.25) is 0 Å². The van der Waals surface area contributed by atoms with E-state index < -0.39 is 0 Å². The molecule has 0 N–H and O–H groups in total. The van der Waals surface area contributed by atoms with Gasteiger partial charge in [0.15, 0.2) is 0 Å². The number of hydrogen-bond donors (Lipinski definition) is 0. The molecule has 0 aromatic heterocycles. The SMILES string of the molecule is CC(C)(C#CCI)Cc1ccccc1Br. The second-order valence-corrected chi connectivity index (χ2v) is 5.70. The lowest BCUT2D eigenvalue weighted by Crippen LogP contribution is -2.12. The fourth-order valence-corrected chi connectivity index (χ4v) is 2.05. The van der Waals surface area contributed by atoms with E-state index in [1.54, 1.807) is 0 Å². The Morgan fingerprint density at radius 1 is 1.33 bits per heavy atom. The summed E-state index contributed by atoms with van der Waals surface area (Å²) >= 11 is 5.85. The van der Waals surface area contributed by atoms with Gasteiger partial charge in [0, 0.05) is 9.89 Å². The lowest BCUT2D eigenvalue weighted by molar-refractivity contribution is 0.500. The maximum absolute atomic E-state index is 3.57. The average molecular weight is 377 g/mol. The molecule has 15 heavy (non-hydrogen) atoms. The van der Waals surface area contributed by atoms with Crippen LogP contribution < -0.4 is 0 Å². The van der Waals surface area contributed by atoms with E-state index in [2.05, 4.69) is 82.4 Å². The van der Waals surface area contributed by atoms with Crippen LogP contribution in [0.4, 0.5) is 0 Å². The quantitative estimate of drug-likeness (QED) is 0.406. The molecule has 0 heterocycles. The molecule has 0 saturated heterocycles. The minimum atomic E-state index is 0.0506. The van der Waals surface area contributed by atoms with E-state index in [4.69, 9.17) is 0 Å². The van der Waals surface area contributed by atoms with Crippen LogP contribution in [0.1, 0.15) is 19.4 Å². The van der Waals surface area contributed by atoms with Gasteiger partial charge >= 0.3 is 0 Å². The molecule has 0 radical (unpaired) electrons. The van der Waals surface area contributed by atoms with Crippen molar-refractivity contribution in [2.45, 2.75) is 20.3 Å². The molecule has 0 aliphatic heterocycles. The number of halogens is 2. The molecule has 1 aromatic carbocycles. The molecule has 0 unspecified atom stereocenters. The van der Waals surface area contributed by atoms with E-state index in [0.717, 1.165) is 10.8 Å². The first-order chi connectivity index (χ1) is 7.05. The molecule has 0 aliphatic carbocycles. The first kappa shape index (κ1) is 13.1. The molecule has 0 nitrogen and oxygen atoms in total. The molecule has 0 fully saturated rings. The van der Waals surface area contributed by atoms with Crippen LogP contribution in [-0.2, 0) is 6.42 Å². The Morgan fingerprint density at radius 2 is 2.00 bits per heavy atom. The van der Waals surface area contributed by atoms with E-state index in [-0.39, 0.29) is 5.41 Å². The van der Waals surface area contributed by atoms with Crippen molar-refractivity contribution in [2.24, 2.45) is 5.41 Å². The fourth-order valence-electron chi connectivity index (χ4n) is 1.43. The van der Waals surface area contributed by atoms with Gasteiger partial charge in [-0.1, -0.05) is 68.6 Å². The summed E-state index contributed by atoms with van der Waals surface area (Å²) in [6.07, 6.45) is 0.984. The van der Waals surface area contributed by atoms with Crippen LogP contribution in [0.15, 0.2) is 28.7 Å². The Balaban J connectivity index is 2.82. The van der Waals surface area contributed by atoms with Crippen molar-refractivity contribution in [2.75, 3.05) is 4.43 Å². The van der Waals surface area contributed by atoms with Gasteiger partial charge in [-0.15, -0.1) is 0 Å². The van der Waals surface area contributed by atoms with Gasteiger partial charge in [0.1, 0.15) is 0 Å². The minimum absolute atomic E-state index is 0.0506. The molecule has 0 saturated carbocycles. The molecule has 0 amide bonds. The zero-order valence-electron chi connectivity index (χ0n) is 8.98. The Morgan fingerprint density at radius 3 is 2.60 bits per heavy atom. The standard InChI is InChI=1S/C13H14BrI/c1-13(2,8-5-9-15)10-11-6-3-4-7-12(11)14/h3-4,6-7H,9-10H2,1-2H3. The number of benzene rings is 1. The van der Waals surface area contributed by atoms with E-state index in [0.29, 0.717) is 0 Å². The lowest BCUT2D eigenvalue weighted by atomic mass is 9.86. The molecule has 80 valence electrons. The van der Waals surface area contributed by atoms with E-state index in [1.165, 1.54) is 10.0 Å². The summed E-state index contributed by atoms with van der Waals surface area (Å²) in [5, 5.41) is 0. The highest BCUT2D eigenvalue weighted by Gasteiger charge is 2.16. The largest absolute Gasteiger partial charge is 0.0959 e. The van der Waals surface area contributed by atoms with Crippen LogP contribution in [0.2, 0.25) is 0 Å². The first-order valence-electron chi connectivity index (χ1n) is 4.84. The van der Waals surface area contributed by atoms with Gasteiger partial charge in [-0.2, -0.15) is 0 Å². The van der Waals surface area contributed by atoms with Crippen LogP contribution in [0, 0.1) is 17.3 Å². The van der Waals surface area contributed by atoms with Crippen molar-refractivity contribution in [1.29, 1.82) is 0 Å². The third kappa shape index (κ3) is 4.56. The van der Waals surface area contributed by atoms with Crippen LogP contribution in [0.5, 0.6) is 0 Å². The second-order valence-electron chi connectivity index (χ2n) is 4.09. The summed E-state index contributed by atoms with van der Waals surface area (Å²) in [4.78, 5) is 0. The van der Waals surface area contributed by atoms with E-state index in [1.807, 2.05) is 6.07 Å². The molecular formula is C13H14BrI. The third-order valence-electron chi connectivity index (χ3n) is 2.08. The molecule has 2 heteroatoms. The maximum Gasteiger partial charge on any atom is 0.0609 e. The summed E-state index contributed by atoms with van der Waals surface area (Å²) < 4.78 is 2.08. The van der Waals surface area contributed by atoms with Crippen LogP contribution in [0.25, 0.3) is 0 Å². The fraction of sp³-hybridized carbons (Fsp3) is 0.385. The van der Waals surface area contributed by atoms with Crippen molar-refractivity contribution in [1.82, 2.24) is 0 Å². The summed E-state index contributed by atoms with van der Waals surface area (Å²) in [6, 6.07) is 8.34. The highest BCUT2D eigenvalue weighted by atomic mass is 127. The second kappa shape index (κ2) is 5.91. The van der Waals surface area contributed by atoms with E-state index >= 15 is 0 Å². The summed E-state index contributed by atoms with van der Waals surface area (Å²) in [5.41, 5.74) is 1.37. The lowest BCUT2D eigenvalue weighted by Gasteiger charge is -2.18. The van der Waals surface area contributed by atoms with Gasteiger partial charge < -0.3 is 0 Å². The Hall–Kier alpha value is -0.0100. The summed E-state index contributed by atoms with van der Waals surface area (Å²) in [5.74, 6) is 6.46. The molecule has 1 aromatic rings. The van der Waals surface area contributed by atoms with Crippen LogP contribution in [0.3, 0.4) is 0 Å². The predicted octanol–water partition coefficient (Wildman–Crippen LogP) is 4.46. The highest BCUT2D eigenvalue weighted by molar-refractivity contribution is 14.1. The van der Waals surface area contributed by atoms with Crippen molar-refractivity contribution in [3.63, 3.8) is 0 Å². The van der Waals surface area contributed by atoms with Crippen molar-refractivity contribution in [3.8, 4) is 11.8 Å². The van der Waals surface area contributed by atoms with Crippen LogP contribution >= 0.6 is 38.5 Å². The molecule has 0 bridgehead atoms. The Kier molecular flexibility index (Phi) is 5.14. The van der Waals surface area contributed by atoms with Gasteiger partial charge in [-0.25, -0.2) is 0 Å². The van der Waals surface area contributed by atoms with Crippen molar-refractivity contribution < 1.29 is 0 Å². The number of hydrogen-bond acceptors (Lipinski definition) is 0. The zero-order chi connectivity index (χ0) is 11.3. The maximum atomic E-state index is 3.57. The van der Waals surface area contributed by atoms with Crippen molar-refractivity contribution >= 4 is 38.5 Å². The van der Waals surface area contributed by atoms with Crippen molar-refractivity contribution in [3.05, 3.63) is 34.3 Å². The summed E-state index contributed by atoms with van der Waals surface area (Å²) in [7, 11) is 0. The smallest absolute Gasteiger partial charge is 0.0609 e. The highest BCUT2D eigenvalue weighted by Crippen LogP contribution is 2.25. The Bertz CT molecular complexity index is 385. The third-order valence-corrected chi connectivity index (χ3v) is 3.24. The van der Waals surface area contributed by atoms with Gasteiger partial charge in [-0.05, 0) is 31.9 Å². The predicted molar refractivity (Wildman–Crippen MR) is 78.3 cm³/mol. The first-order valence-corrected chi connectivity index (χ1v) is 7.16. The normalized spacial score (nSPS) is 10.7. The summed E-state index contributed by atoms with van der Waals surface area (Å²) in [6.45, 7) is 4.37. The van der Waals surface area contributed by atoms with Crippen LogP contribution in [-0.4, -0.2) is 4.43 Å². The molecule has 0 spiro atoms. The molecular weight excluding hydrogens is 363 g/mol. The molecule has 0 atom stereocenters. The minimum Gasteiger partial charge on any atom is -0.0959 e. The zero-order valence-corrected chi connectivity index (χ0v) is 12.7. The molecule has 1 rings (SSSR count). The van der Waals surface area contributed by atoms with E-state index in [9.17, 15) is 0 Å². The van der Waals surface area contributed by atoms with Gasteiger partial charge in [0.05, 0.1) is 4.43 Å². The Labute approximate surface area is 114 Å².